The maximum atomic E-state index is 11.1. The smallest absolute Gasteiger partial charge is 0.223 e. The lowest BCUT2D eigenvalue weighted by atomic mass is 10.0. The molecule has 134 valence electrons. The highest BCUT2D eigenvalue weighted by molar-refractivity contribution is 7.15. The fraction of sp³-hybridized carbons (Fsp3) is 0.500. The molecule has 1 aliphatic heterocycles. The molecule has 0 spiro atoms. The summed E-state index contributed by atoms with van der Waals surface area (Å²) in [6.07, 6.45) is 4.87. The molecule has 7 heteroatoms. The second-order valence-corrected chi connectivity index (χ2v) is 7.81. The van der Waals surface area contributed by atoms with E-state index in [4.69, 9.17) is 0 Å². The molecule has 0 radical (unpaired) electrons. The third-order valence-electron chi connectivity index (χ3n) is 4.52. The van der Waals surface area contributed by atoms with Crippen molar-refractivity contribution in [2.45, 2.75) is 32.9 Å². The number of likely N-dealkylation sites (N-methyl/N-ethyl adjacent to an activating group) is 1. The van der Waals surface area contributed by atoms with Crippen molar-refractivity contribution in [3.8, 4) is 0 Å². The van der Waals surface area contributed by atoms with E-state index in [-0.39, 0.29) is 5.91 Å². The zero-order valence-electron chi connectivity index (χ0n) is 15.0. The third kappa shape index (κ3) is 5.07. The van der Waals surface area contributed by atoms with E-state index in [0.29, 0.717) is 11.2 Å². The Morgan fingerprint density at radius 2 is 2.16 bits per heavy atom. The summed E-state index contributed by atoms with van der Waals surface area (Å²) in [6, 6.07) is 4.75. The Morgan fingerprint density at radius 3 is 2.88 bits per heavy atom. The third-order valence-corrected chi connectivity index (χ3v) is 5.42. The Kier molecular flexibility index (Phi) is 5.78. The van der Waals surface area contributed by atoms with Gasteiger partial charge in [0.1, 0.15) is 0 Å². The van der Waals surface area contributed by atoms with Gasteiger partial charge in [0, 0.05) is 62.1 Å². The number of hydrogen-bond donors (Lipinski definition) is 1. The average molecular weight is 359 g/mol. The summed E-state index contributed by atoms with van der Waals surface area (Å²) >= 11 is 1.55. The van der Waals surface area contributed by atoms with E-state index in [1.165, 1.54) is 17.4 Å². The Labute approximate surface area is 152 Å². The molecule has 2 aromatic rings. The van der Waals surface area contributed by atoms with Crippen LogP contribution < -0.4 is 5.32 Å². The summed E-state index contributed by atoms with van der Waals surface area (Å²) in [6.45, 7) is 7.54. The number of nitrogens with zero attached hydrogens (tertiary/aromatic N) is 4. The number of thiazole rings is 1. The summed E-state index contributed by atoms with van der Waals surface area (Å²) in [7, 11) is 2.20. The van der Waals surface area contributed by atoms with Gasteiger partial charge in [0.25, 0.3) is 0 Å². The van der Waals surface area contributed by atoms with Crippen LogP contribution in [-0.2, 0) is 17.8 Å². The van der Waals surface area contributed by atoms with Gasteiger partial charge in [0.05, 0.1) is 0 Å². The van der Waals surface area contributed by atoms with Crippen molar-refractivity contribution in [1.82, 2.24) is 19.8 Å². The fourth-order valence-electron chi connectivity index (χ4n) is 3.08. The van der Waals surface area contributed by atoms with Crippen molar-refractivity contribution in [2.75, 3.05) is 32.0 Å². The molecule has 1 atom stereocenters. The second kappa shape index (κ2) is 8.03. The largest absolute Gasteiger partial charge is 0.302 e. The van der Waals surface area contributed by atoms with Gasteiger partial charge in [0.2, 0.25) is 5.91 Å². The van der Waals surface area contributed by atoms with Crippen LogP contribution in [0.4, 0.5) is 5.13 Å². The normalized spacial score (nSPS) is 19.1. The summed E-state index contributed by atoms with van der Waals surface area (Å²) in [5.74, 6) is -0.0766. The number of hydrogen-bond acceptors (Lipinski definition) is 6. The van der Waals surface area contributed by atoms with Crippen LogP contribution in [0.15, 0.2) is 24.5 Å². The molecule has 1 N–H and O–H groups in total. The number of pyridine rings is 1. The van der Waals surface area contributed by atoms with Crippen LogP contribution in [0, 0.1) is 6.92 Å². The lowest BCUT2D eigenvalue weighted by molar-refractivity contribution is -0.114. The molecule has 0 aliphatic carbocycles. The molecular weight excluding hydrogens is 334 g/mol. The van der Waals surface area contributed by atoms with Crippen molar-refractivity contribution in [2.24, 2.45) is 0 Å². The van der Waals surface area contributed by atoms with Gasteiger partial charge in [0.15, 0.2) is 5.13 Å². The van der Waals surface area contributed by atoms with E-state index < -0.39 is 0 Å². The lowest BCUT2D eigenvalue weighted by Gasteiger charge is -2.39. The molecule has 3 rings (SSSR count). The predicted octanol–water partition coefficient (Wildman–Crippen LogP) is 2.16. The number of aromatic nitrogens is 2. The first-order chi connectivity index (χ1) is 12.0. The van der Waals surface area contributed by atoms with Gasteiger partial charge in [-0.2, -0.15) is 0 Å². The van der Waals surface area contributed by atoms with Crippen molar-refractivity contribution in [3.63, 3.8) is 0 Å². The number of rotatable bonds is 5. The maximum absolute atomic E-state index is 11.1. The van der Waals surface area contributed by atoms with Gasteiger partial charge in [-0.3, -0.25) is 14.7 Å². The van der Waals surface area contributed by atoms with Crippen LogP contribution in [0.3, 0.4) is 0 Å². The quantitative estimate of drug-likeness (QED) is 0.886. The topological polar surface area (TPSA) is 61.4 Å². The first kappa shape index (κ1) is 18.0. The molecule has 1 saturated heterocycles. The Balaban J connectivity index is 1.59. The summed E-state index contributed by atoms with van der Waals surface area (Å²) in [4.78, 5) is 25.9. The molecule has 2 aromatic heterocycles. The lowest BCUT2D eigenvalue weighted by Crippen LogP contribution is -2.51. The molecule has 0 bridgehead atoms. The van der Waals surface area contributed by atoms with Crippen molar-refractivity contribution < 1.29 is 4.79 Å². The summed E-state index contributed by atoms with van der Waals surface area (Å²) < 4.78 is 0. The van der Waals surface area contributed by atoms with Crippen LogP contribution in [0.5, 0.6) is 0 Å². The van der Waals surface area contributed by atoms with Gasteiger partial charge in [-0.1, -0.05) is 6.07 Å². The minimum absolute atomic E-state index is 0.0766. The number of anilines is 1. The number of aryl methyl sites for hydroxylation is 1. The van der Waals surface area contributed by atoms with E-state index >= 15 is 0 Å². The van der Waals surface area contributed by atoms with Gasteiger partial charge in [-0.15, -0.1) is 11.3 Å². The minimum Gasteiger partial charge on any atom is -0.302 e. The number of carbonyl (C=O) groups excluding carboxylic acids is 1. The zero-order valence-corrected chi connectivity index (χ0v) is 15.8. The monoisotopic (exact) mass is 359 g/mol. The van der Waals surface area contributed by atoms with Crippen molar-refractivity contribution >= 4 is 22.4 Å². The van der Waals surface area contributed by atoms with E-state index in [9.17, 15) is 4.79 Å². The highest BCUT2D eigenvalue weighted by atomic mass is 32.1. The summed E-state index contributed by atoms with van der Waals surface area (Å²) in [5.41, 5.74) is 2.34. The van der Waals surface area contributed by atoms with E-state index in [1.54, 1.807) is 11.3 Å². The molecule has 3 heterocycles. The van der Waals surface area contributed by atoms with E-state index in [0.717, 1.165) is 38.3 Å². The first-order valence-electron chi connectivity index (χ1n) is 8.56. The number of carbonyl (C=O) groups is 1. The molecule has 1 aliphatic rings. The Bertz CT molecular complexity index is 715. The Hall–Kier alpha value is -1.83. The molecule has 25 heavy (non-hydrogen) atoms. The fourth-order valence-corrected chi connectivity index (χ4v) is 3.98. The molecule has 1 fully saturated rings. The molecule has 0 aromatic carbocycles. The number of nitrogens with one attached hydrogen (secondary N) is 1. The van der Waals surface area contributed by atoms with E-state index in [2.05, 4.69) is 44.3 Å². The minimum atomic E-state index is -0.0766. The predicted molar refractivity (Wildman–Crippen MR) is 101 cm³/mol. The highest BCUT2D eigenvalue weighted by Gasteiger charge is 2.25. The summed E-state index contributed by atoms with van der Waals surface area (Å²) in [5, 5.41) is 3.43. The van der Waals surface area contributed by atoms with E-state index in [1.807, 2.05) is 19.3 Å². The van der Waals surface area contributed by atoms with Gasteiger partial charge in [-0.25, -0.2) is 4.98 Å². The van der Waals surface area contributed by atoms with Crippen LogP contribution in [0.1, 0.15) is 23.1 Å². The van der Waals surface area contributed by atoms with Crippen molar-refractivity contribution in [1.29, 1.82) is 0 Å². The maximum Gasteiger partial charge on any atom is 0.223 e. The number of piperazine rings is 1. The van der Waals surface area contributed by atoms with Gasteiger partial charge in [-0.05, 0) is 32.0 Å². The zero-order chi connectivity index (χ0) is 17.8. The second-order valence-electron chi connectivity index (χ2n) is 6.69. The van der Waals surface area contributed by atoms with Crippen LogP contribution in [0.2, 0.25) is 0 Å². The standard InChI is InChI=1S/C18H25N5OS/c1-13-4-5-15(9-19-13)8-16-11-23(7-6-22(16)3)12-17-10-20-18(25-17)21-14(2)24/h4-5,9-10,16H,6-8,11-12H2,1-3H3,(H,20,21,24). The van der Waals surface area contributed by atoms with Gasteiger partial charge >= 0.3 is 0 Å². The SMILES string of the molecule is CC(=O)Nc1ncc(CN2CCN(C)C(Cc3ccc(C)nc3)C2)s1. The first-order valence-corrected chi connectivity index (χ1v) is 9.37. The molecule has 6 nitrogen and oxygen atoms in total. The average Bonchev–Trinajstić information content (AvgIpc) is 2.99. The van der Waals surface area contributed by atoms with Gasteiger partial charge < -0.3 is 10.2 Å². The van der Waals surface area contributed by atoms with Crippen LogP contribution >= 0.6 is 11.3 Å². The molecular formula is C18H25N5OS. The number of amides is 1. The van der Waals surface area contributed by atoms with Crippen molar-refractivity contribution in [3.05, 3.63) is 40.7 Å². The van der Waals surface area contributed by atoms with Crippen LogP contribution in [0.25, 0.3) is 0 Å². The Morgan fingerprint density at radius 1 is 1.32 bits per heavy atom. The highest BCUT2D eigenvalue weighted by Crippen LogP contribution is 2.22. The molecule has 1 amide bonds. The van der Waals surface area contributed by atoms with Crippen LogP contribution in [-0.4, -0.2) is 58.4 Å². The molecule has 0 saturated carbocycles. The molecule has 1 unspecified atom stereocenters.